The molecular weight excluding hydrogens is 352 g/mol. The highest BCUT2D eigenvalue weighted by atomic mass is 32.1. The molecule has 1 aromatic heterocycles. The van der Waals surface area contributed by atoms with Crippen LogP contribution in [0.15, 0.2) is 71.8 Å². The van der Waals surface area contributed by atoms with Crippen LogP contribution in [0, 0.1) is 0 Å². The Kier molecular flexibility index (Phi) is 4.44. The van der Waals surface area contributed by atoms with E-state index in [1.165, 1.54) is 0 Å². The number of hydrogen-bond donors (Lipinski definition) is 0. The first-order valence-electron chi connectivity index (χ1n) is 9.08. The number of aromatic nitrogens is 1. The highest BCUT2D eigenvalue weighted by Crippen LogP contribution is 2.38. The average molecular weight is 375 g/mol. The molecule has 136 valence electrons. The lowest BCUT2D eigenvalue weighted by atomic mass is 10.0. The second-order valence-electron chi connectivity index (χ2n) is 7.38. The summed E-state index contributed by atoms with van der Waals surface area (Å²) in [5.41, 5.74) is 3.51. The lowest BCUT2D eigenvalue weighted by Crippen LogP contribution is -2.43. The van der Waals surface area contributed by atoms with Gasteiger partial charge >= 0.3 is 0 Å². The summed E-state index contributed by atoms with van der Waals surface area (Å²) in [7, 11) is 0. The van der Waals surface area contributed by atoms with Crippen LogP contribution in [-0.4, -0.2) is 22.3 Å². The van der Waals surface area contributed by atoms with Crippen LogP contribution >= 0.6 is 11.3 Å². The fourth-order valence-electron chi connectivity index (χ4n) is 3.38. The Hall–Kier alpha value is -2.72. The molecule has 27 heavy (non-hydrogen) atoms. The molecule has 2 aromatic carbocycles. The van der Waals surface area contributed by atoms with Crippen molar-refractivity contribution < 1.29 is 4.79 Å². The zero-order chi connectivity index (χ0) is 19.0. The summed E-state index contributed by atoms with van der Waals surface area (Å²) < 4.78 is 1.15. The molecule has 1 aliphatic heterocycles. The Bertz CT molecular complexity index is 1030. The lowest BCUT2D eigenvalue weighted by molar-refractivity contribution is -0.130. The van der Waals surface area contributed by atoms with Crippen LogP contribution in [0.5, 0.6) is 0 Å². The molecule has 0 bridgehead atoms. The Balaban J connectivity index is 1.61. The fraction of sp³-hybridized carbons (Fsp3) is 0.217. The molecule has 0 aliphatic carbocycles. The molecule has 0 unspecified atom stereocenters. The van der Waals surface area contributed by atoms with Gasteiger partial charge in [-0.05, 0) is 50.1 Å². The predicted molar refractivity (Wildman–Crippen MR) is 113 cm³/mol. The van der Waals surface area contributed by atoms with E-state index in [4.69, 9.17) is 4.98 Å². The van der Waals surface area contributed by atoms with Gasteiger partial charge in [-0.25, -0.2) is 4.98 Å². The number of amides is 1. The van der Waals surface area contributed by atoms with Crippen molar-refractivity contribution in [1.29, 1.82) is 0 Å². The highest BCUT2D eigenvalue weighted by molar-refractivity contribution is 7.18. The number of para-hydroxylation sites is 1. The minimum absolute atomic E-state index is 0.0731. The minimum atomic E-state index is -0.454. The van der Waals surface area contributed by atoms with Crippen molar-refractivity contribution in [2.24, 2.45) is 0 Å². The van der Waals surface area contributed by atoms with Crippen LogP contribution in [0.2, 0.25) is 0 Å². The lowest BCUT2D eigenvalue weighted by Gasteiger charge is -2.34. The molecule has 0 spiro atoms. The molecule has 0 saturated heterocycles. The van der Waals surface area contributed by atoms with Crippen molar-refractivity contribution in [3.05, 3.63) is 82.4 Å². The second kappa shape index (κ2) is 6.78. The van der Waals surface area contributed by atoms with E-state index in [1.807, 2.05) is 72.5 Å². The Morgan fingerprint density at radius 3 is 2.48 bits per heavy atom. The van der Waals surface area contributed by atoms with E-state index in [-0.39, 0.29) is 5.91 Å². The SMILES string of the molecule is CC1=C(/C=C/c2ccccc2)C(=O)N(C(C)(C)c2nc3ccccc3s2)C1. The maximum Gasteiger partial charge on any atom is 0.254 e. The van der Waals surface area contributed by atoms with Crippen LogP contribution in [0.4, 0.5) is 0 Å². The smallest absolute Gasteiger partial charge is 0.254 e. The maximum atomic E-state index is 13.2. The van der Waals surface area contributed by atoms with Crippen LogP contribution in [-0.2, 0) is 10.3 Å². The molecule has 0 saturated carbocycles. The van der Waals surface area contributed by atoms with Crippen LogP contribution in [0.25, 0.3) is 16.3 Å². The van der Waals surface area contributed by atoms with Gasteiger partial charge in [-0.15, -0.1) is 11.3 Å². The topological polar surface area (TPSA) is 33.2 Å². The molecule has 0 radical (unpaired) electrons. The third-order valence-corrected chi connectivity index (χ3v) is 6.41. The van der Waals surface area contributed by atoms with E-state index in [0.717, 1.165) is 31.9 Å². The van der Waals surface area contributed by atoms with Crippen molar-refractivity contribution in [3.8, 4) is 0 Å². The van der Waals surface area contributed by atoms with Crippen molar-refractivity contribution in [2.75, 3.05) is 6.54 Å². The van der Waals surface area contributed by atoms with Gasteiger partial charge in [0.15, 0.2) is 0 Å². The third kappa shape index (κ3) is 3.21. The number of carbonyl (C=O) groups excluding carboxylic acids is 1. The van der Waals surface area contributed by atoms with E-state index in [0.29, 0.717) is 6.54 Å². The average Bonchev–Trinajstić information content (AvgIpc) is 3.23. The standard InChI is InChI=1S/C23H22N2OS/c1-16-15-25(21(26)18(16)14-13-17-9-5-4-6-10-17)23(2,3)22-24-19-11-7-8-12-20(19)27-22/h4-14H,15H2,1-3H3/b14-13+. The monoisotopic (exact) mass is 374 g/mol. The van der Waals surface area contributed by atoms with Gasteiger partial charge in [0.2, 0.25) is 0 Å². The van der Waals surface area contributed by atoms with E-state index >= 15 is 0 Å². The summed E-state index contributed by atoms with van der Waals surface area (Å²) >= 11 is 1.66. The molecular formula is C23H22N2OS. The number of benzene rings is 2. The third-order valence-electron chi connectivity index (χ3n) is 5.06. The number of fused-ring (bicyclic) bond motifs is 1. The molecule has 0 N–H and O–H groups in total. The summed E-state index contributed by atoms with van der Waals surface area (Å²) in [4.78, 5) is 19.9. The van der Waals surface area contributed by atoms with Gasteiger partial charge in [0.05, 0.1) is 15.8 Å². The summed E-state index contributed by atoms with van der Waals surface area (Å²) in [5, 5.41) is 0.970. The van der Waals surface area contributed by atoms with E-state index in [9.17, 15) is 4.79 Å². The Morgan fingerprint density at radius 2 is 1.74 bits per heavy atom. The minimum Gasteiger partial charge on any atom is -0.323 e. The first-order valence-corrected chi connectivity index (χ1v) is 9.89. The van der Waals surface area contributed by atoms with Gasteiger partial charge in [-0.3, -0.25) is 4.79 Å². The second-order valence-corrected chi connectivity index (χ2v) is 8.41. The van der Waals surface area contributed by atoms with E-state index in [2.05, 4.69) is 19.9 Å². The molecule has 1 amide bonds. The van der Waals surface area contributed by atoms with Crippen molar-refractivity contribution in [3.63, 3.8) is 0 Å². The fourth-order valence-corrected chi connectivity index (χ4v) is 4.46. The first kappa shape index (κ1) is 17.7. The zero-order valence-electron chi connectivity index (χ0n) is 15.8. The van der Waals surface area contributed by atoms with Crippen molar-refractivity contribution >= 4 is 33.5 Å². The van der Waals surface area contributed by atoms with Gasteiger partial charge in [0, 0.05) is 12.1 Å². The first-order chi connectivity index (χ1) is 13.0. The Labute approximate surface area is 163 Å². The molecule has 4 rings (SSSR count). The number of hydrogen-bond acceptors (Lipinski definition) is 3. The summed E-state index contributed by atoms with van der Waals surface area (Å²) in [6, 6.07) is 18.2. The van der Waals surface area contributed by atoms with Crippen LogP contribution < -0.4 is 0 Å². The summed E-state index contributed by atoms with van der Waals surface area (Å²) in [6.07, 6.45) is 3.95. The number of nitrogens with zero attached hydrogens (tertiary/aromatic N) is 2. The number of rotatable bonds is 4. The molecule has 1 aliphatic rings. The quantitative estimate of drug-likeness (QED) is 0.612. The van der Waals surface area contributed by atoms with Gasteiger partial charge in [0.25, 0.3) is 5.91 Å². The molecule has 2 heterocycles. The van der Waals surface area contributed by atoms with Crippen LogP contribution in [0.3, 0.4) is 0 Å². The van der Waals surface area contributed by atoms with Gasteiger partial charge in [0.1, 0.15) is 5.01 Å². The van der Waals surface area contributed by atoms with E-state index < -0.39 is 5.54 Å². The van der Waals surface area contributed by atoms with Gasteiger partial charge in [-0.1, -0.05) is 48.5 Å². The predicted octanol–water partition coefficient (Wildman–Crippen LogP) is 5.40. The van der Waals surface area contributed by atoms with Crippen LogP contribution in [0.1, 0.15) is 31.3 Å². The number of thiazole rings is 1. The normalized spacial score (nSPS) is 15.5. The zero-order valence-corrected chi connectivity index (χ0v) is 16.6. The largest absolute Gasteiger partial charge is 0.323 e. The van der Waals surface area contributed by atoms with Gasteiger partial charge < -0.3 is 4.90 Å². The Morgan fingerprint density at radius 1 is 1.04 bits per heavy atom. The van der Waals surface area contributed by atoms with Crippen molar-refractivity contribution in [2.45, 2.75) is 26.3 Å². The molecule has 4 heteroatoms. The highest BCUT2D eigenvalue weighted by Gasteiger charge is 2.40. The molecule has 3 aromatic rings. The molecule has 3 nitrogen and oxygen atoms in total. The molecule has 0 atom stereocenters. The molecule has 0 fully saturated rings. The van der Waals surface area contributed by atoms with Gasteiger partial charge in [-0.2, -0.15) is 0 Å². The van der Waals surface area contributed by atoms with E-state index in [1.54, 1.807) is 11.3 Å². The number of carbonyl (C=O) groups is 1. The summed E-state index contributed by atoms with van der Waals surface area (Å²) in [6.45, 7) is 6.84. The van der Waals surface area contributed by atoms with Crippen molar-refractivity contribution in [1.82, 2.24) is 9.88 Å². The maximum absolute atomic E-state index is 13.2. The summed E-state index contributed by atoms with van der Waals surface area (Å²) in [5.74, 6) is 0.0731.